The highest BCUT2D eigenvalue weighted by atomic mass is 16.1. The first-order valence-electron chi connectivity index (χ1n) is 10.6. The Morgan fingerprint density at radius 3 is 2.62 bits per heavy atom. The molecule has 1 saturated carbocycles. The average molecular weight is 353 g/mol. The van der Waals surface area contributed by atoms with E-state index in [1.165, 1.54) is 44.1 Å². The number of allylic oxidation sites excluding steroid dienone is 6. The van der Waals surface area contributed by atoms with Gasteiger partial charge in [-0.25, -0.2) is 0 Å². The van der Waals surface area contributed by atoms with Gasteiger partial charge in [-0.3, -0.25) is 4.79 Å². The lowest BCUT2D eigenvalue weighted by Crippen LogP contribution is -2.39. The number of carbonyl (C=O) groups is 2. The standard InChI is InChI=1S/C21H26O.C3H6O/c1-13-3-4-16-15(13)5-6-18-17(16)12-21(9-10-21)19-11-14(22)7-8-20(18,19)2;1-2-3-4/h4,11,13,15H,3,5-10,12H2,1-2H3;3H,2H2,1H3. The molecule has 0 aromatic rings. The van der Waals surface area contributed by atoms with Gasteiger partial charge in [0, 0.05) is 18.3 Å². The molecular weight excluding hydrogens is 320 g/mol. The van der Waals surface area contributed by atoms with Gasteiger partial charge in [0.15, 0.2) is 5.78 Å². The Balaban J connectivity index is 0.000000385. The molecule has 0 saturated heterocycles. The van der Waals surface area contributed by atoms with Gasteiger partial charge >= 0.3 is 0 Å². The molecule has 0 N–H and O–H groups in total. The van der Waals surface area contributed by atoms with Crippen molar-refractivity contribution in [1.29, 1.82) is 0 Å². The summed E-state index contributed by atoms with van der Waals surface area (Å²) in [5.41, 5.74) is 7.29. The van der Waals surface area contributed by atoms with Crippen molar-refractivity contribution >= 4 is 12.1 Å². The summed E-state index contributed by atoms with van der Waals surface area (Å²) in [6, 6.07) is 0. The summed E-state index contributed by atoms with van der Waals surface area (Å²) in [6.45, 7) is 6.70. The summed E-state index contributed by atoms with van der Waals surface area (Å²) in [6.07, 6.45) is 15.7. The van der Waals surface area contributed by atoms with E-state index in [2.05, 4.69) is 26.0 Å². The fraction of sp³-hybridized carbons (Fsp3) is 0.667. The van der Waals surface area contributed by atoms with Crippen LogP contribution in [0.4, 0.5) is 0 Å². The van der Waals surface area contributed by atoms with E-state index in [-0.39, 0.29) is 5.41 Å². The second kappa shape index (κ2) is 6.32. The topological polar surface area (TPSA) is 34.1 Å². The molecule has 26 heavy (non-hydrogen) atoms. The molecule has 5 aliphatic rings. The molecule has 0 amide bonds. The summed E-state index contributed by atoms with van der Waals surface area (Å²) in [5, 5.41) is 0. The number of rotatable bonds is 1. The Hall–Kier alpha value is -1.44. The Morgan fingerprint density at radius 2 is 1.96 bits per heavy atom. The van der Waals surface area contributed by atoms with Gasteiger partial charge in [-0.1, -0.05) is 38.0 Å². The van der Waals surface area contributed by atoms with Crippen LogP contribution in [0.5, 0.6) is 0 Å². The third-order valence-electron chi connectivity index (χ3n) is 7.76. The van der Waals surface area contributed by atoms with Crippen LogP contribution in [-0.4, -0.2) is 12.1 Å². The second-order valence-electron chi connectivity index (χ2n) is 9.36. The Kier molecular flexibility index (Phi) is 4.36. The monoisotopic (exact) mass is 352 g/mol. The van der Waals surface area contributed by atoms with Crippen molar-refractivity contribution in [2.75, 3.05) is 0 Å². The average Bonchev–Trinajstić information content (AvgIpc) is 3.31. The quantitative estimate of drug-likeness (QED) is 0.564. The van der Waals surface area contributed by atoms with E-state index >= 15 is 0 Å². The molecule has 2 nitrogen and oxygen atoms in total. The number of hydrogen-bond acceptors (Lipinski definition) is 2. The van der Waals surface area contributed by atoms with Crippen molar-refractivity contribution in [3.8, 4) is 0 Å². The molecule has 1 fully saturated rings. The van der Waals surface area contributed by atoms with Crippen LogP contribution in [0.1, 0.15) is 78.6 Å². The van der Waals surface area contributed by atoms with Crippen molar-refractivity contribution in [2.24, 2.45) is 22.7 Å². The fourth-order valence-corrected chi connectivity index (χ4v) is 6.15. The molecule has 0 heterocycles. The van der Waals surface area contributed by atoms with Crippen LogP contribution >= 0.6 is 0 Å². The molecule has 3 atom stereocenters. The molecular formula is C24H32O2. The lowest BCUT2D eigenvalue weighted by molar-refractivity contribution is -0.115. The summed E-state index contributed by atoms with van der Waals surface area (Å²) in [7, 11) is 0. The van der Waals surface area contributed by atoms with Gasteiger partial charge in [0.05, 0.1) is 0 Å². The molecule has 0 aliphatic heterocycles. The Labute approximate surface area is 157 Å². The molecule has 5 rings (SSSR count). The van der Waals surface area contributed by atoms with Crippen molar-refractivity contribution in [1.82, 2.24) is 0 Å². The van der Waals surface area contributed by atoms with Gasteiger partial charge in [0.1, 0.15) is 6.29 Å². The maximum absolute atomic E-state index is 12.1. The molecule has 2 heteroatoms. The third kappa shape index (κ3) is 2.60. The first-order valence-corrected chi connectivity index (χ1v) is 10.6. The highest BCUT2D eigenvalue weighted by Crippen LogP contribution is 2.70. The fourth-order valence-electron chi connectivity index (χ4n) is 6.15. The summed E-state index contributed by atoms with van der Waals surface area (Å²) < 4.78 is 0. The van der Waals surface area contributed by atoms with Crippen LogP contribution in [0, 0.1) is 22.7 Å². The zero-order valence-corrected chi connectivity index (χ0v) is 16.6. The lowest BCUT2D eigenvalue weighted by Gasteiger charge is -2.50. The molecule has 3 unspecified atom stereocenters. The van der Waals surface area contributed by atoms with E-state index in [0.717, 1.165) is 31.0 Å². The van der Waals surface area contributed by atoms with E-state index in [1.54, 1.807) is 16.7 Å². The molecule has 5 aliphatic carbocycles. The van der Waals surface area contributed by atoms with Crippen LogP contribution in [0.15, 0.2) is 34.4 Å². The SMILES string of the molecule is CC1CC=C2C3=C(CCC21)C1(C)CCC(=O)C=C1C1(CC1)C3.CCC=O. The van der Waals surface area contributed by atoms with Gasteiger partial charge in [0.25, 0.3) is 0 Å². The number of carbonyl (C=O) groups excluding carboxylic acids is 2. The number of aldehydes is 1. The van der Waals surface area contributed by atoms with Gasteiger partial charge in [-0.15, -0.1) is 0 Å². The number of hydrogen-bond donors (Lipinski definition) is 0. The highest BCUT2D eigenvalue weighted by Gasteiger charge is 2.58. The van der Waals surface area contributed by atoms with Crippen molar-refractivity contribution in [3.05, 3.63) is 34.4 Å². The molecule has 1 spiro atoms. The first-order chi connectivity index (χ1) is 12.4. The van der Waals surface area contributed by atoms with Crippen LogP contribution in [0.3, 0.4) is 0 Å². The first kappa shape index (κ1) is 17.9. The van der Waals surface area contributed by atoms with Crippen molar-refractivity contribution in [3.63, 3.8) is 0 Å². The van der Waals surface area contributed by atoms with Crippen LogP contribution in [0.2, 0.25) is 0 Å². The minimum atomic E-state index is 0.204. The van der Waals surface area contributed by atoms with Crippen LogP contribution in [-0.2, 0) is 9.59 Å². The van der Waals surface area contributed by atoms with Crippen molar-refractivity contribution in [2.45, 2.75) is 78.6 Å². The largest absolute Gasteiger partial charge is 0.303 e. The lowest BCUT2D eigenvalue weighted by atomic mass is 9.54. The van der Waals surface area contributed by atoms with Gasteiger partial charge in [-0.2, -0.15) is 0 Å². The van der Waals surface area contributed by atoms with Gasteiger partial charge < -0.3 is 4.79 Å². The molecule has 0 aromatic carbocycles. The van der Waals surface area contributed by atoms with E-state index in [1.807, 2.05) is 6.92 Å². The van der Waals surface area contributed by atoms with Crippen LogP contribution < -0.4 is 0 Å². The molecule has 0 aromatic heterocycles. The van der Waals surface area contributed by atoms with Gasteiger partial charge in [0.2, 0.25) is 0 Å². The number of fused-ring (bicyclic) bond motifs is 5. The smallest absolute Gasteiger partial charge is 0.155 e. The third-order valence-corrected chi connectivity index (χ3v) is 7.76. The zero-order chi connectivity index (χ0) is 18.5. The van der Waals surface area contributed by atoms with E-state index in [0.29, 0.717) is 17.6 Å². The van der Waals surface area contributed by atoms with Crippen molar-refractivity contribution < 1.29 is 9.59 Å². The van der Waals surface area contributed by atoms with Crippen LogP contribution in [0.25, 0.3) is 0 Å². The second-order valence-corrected chi connectivity index (χ2v) is 9.36. The molecule has 0 bridgehead atoms. The molecule has 0 radical (unpaired) electrons. The maximum Gasteiger partial charge on any atom is 0.155 e. The van der Waals surface area contributed by atoms with E-state index < -0.39 is 0 Å². The van der Waals surface area contributed by atoms with Gasteiger partial charge in [-0.05, 0) is 79.4 Å². The summed E-state index contributed by atoms with van der Waals surface area (Å²) in [5.74, 6) is 2.05. The van der Waals surface area contributed by atoms with E-state index in [9.17, 15) is 9.59 Å². The summed E-state index contributed by atoms with van der Waals surface area (Å²) in [4.78, 5) is 21.2. The predicted molar refractivity (Wildman–Crippen MR) is 105 cm³/mol. The van der Waals surface area contributed by atoms with E-state index in [4.69, 9.17) is 0 Å². The zero-order valence-electron chi connectivity index (χ0n) is 16.6. The summed E-state index contributed by atoms with van der Waals surface area (Å²) >= 11 is 0. The highest BCUT2D eigenvalue weighted by molar-refractivity contribution is 5.92. The minimum Gasteiger partial charge on any atom is -0.303 e. The number of ketones is 1. The maximum atomic E-state index is 12.1. The minimum absolute atomic E-state index is 0.204. The Bertz CT molecular complexity index is 731. The predicted octanol–water partition coefficient (Wildman–Crippen LogP) is 5.73. The normalized spacial score (nSPS) is 36.2. The Morgan fingerprint density at radius 1 is 1.23 bits per heavy atom. The molecule has 140 valence electrons.